The highest BCUT2D eigenvalue weighted by Gasteiger charge is 2.42. The van der Waals surface area contributed by atoms with E-state index in [1.165, 1.54) is 18.2 Å². The van der Waals surface area contributed by atoms with Gasteiger partial charge in [0, 0.05) is 56.2 Å². The molecule has 3 saturated heterocycles. The highest BCUT2D eigenvalue weighted by atomic mass is 32.2. The number of hydroxylamine groups is 2. The van der Waals surface area contributed by atoms with E-state index in [4.69, 9.17) is 9.57 Å². The number of unbranched alkanes of at least 4 members (excludes halogenated alkanes) is 2. The minimum atomic E-state index is -0.935. The lowest BCUT2D eigenvalue weighted by Gasteiger charge is -2.16. The van der Waals surface area contributed by atoms with E-state index in [9.17, 15) is 43.7 Å². The number of thioether (sulfide) groups is 1. The van der Waals surface area contributed by atoms with Crippen molar-refractivity contribution in [3.05, 3.63) is 33.9 Å². The van der Waals surface area contributed by atoms with Crippen molar-refractivity contribution in [1.82, 2.24) is 31.6 Å². The Balaban J connectivity index is 1.02. The summed E-state index contributed by atoms with van der Waals surface area (Å²) in [5.41, 5.74) is -0.0806. The molecule has 3 aliphatic rings. The lowest BCUT2D eigenvalue weighted by Crippen LogP contribution is -2.36. The highest BCUT2D eigenvalue weighted by Crippen LogP contribution is 2.33. The molecule has 7 amide bonds. The van der Waals surface area contributed by atoms with Gasteiger partial charge >= 0.3 is 12.0 Å². The second kappa shape index (κ2) is 20.3. The number of imide groups is 1. The zero-order valence-corrected chi connectivity index (χ0v) is 30.5. The number of nitro groups is 1. The quantitative estimate of drug-likeness (QED) is 0.0375. The molecule has 290 valence electrons. The van der Waals surface area contributed by atoms with E-state index in [-0.39, 0.29) is 79.2 Å². The van der Waals surface area contributed by atoms with Crippen LogP contribution in [0.5, 0.6) is 5.75 Å². The van der Waals surface area contributed by atoms with E-state index >= 15 is 0 Å². The highest BCUT2D eigenvalue weighted by molar-refractivity contribution is 8.00. The summed E-state index contributed by atoms with van der Waals surface area (Å²) in [6, 6.07) is 3.70. The molecule has 4 rings (SSSR count). The Hall–Kier alpha value is -4.94. The smallest absolute Gasteiger partial charge is 0.333 e. The maximum atomic E-state index is 12.4. The summed E-state index contributed by atoms with van der Waals surface area (Å²) in [5.74, 6) is -1.80. The summed E-state index contributed by atoms with van der Waals surface area (Å²) in [5, 5.41) is 26.8. The fourth-order valence-corrected chi connectivity index (χ4v) is 7.67. The van der Waals surface area contributed by atoms with Gasteiger partial charge in [-0.15, -0.1) is 5.06 Å². The Morgan fingerprint density at radius 3 is 2.28 bits per heavy atom. The third-order valence-corrected chi connectivity index (χ3v) is 10.5. The number of ether oxygens (including phenoxy) is 1. The summed E-state index contributed by atoms with van der Waals surface area (Å²) < 4.78 is 5.62. The molecule has 0 aliphatic carbocycles. The fraction of sp³-hybridized carbons (Fsp3) is 0.618. The van der Waals surface area contributed by atoms with Crippen LogP contribution in [0.15, 0.2) is 18.2 Å². The average Bonchev–Trinajstić information content (AvgIpc) is 3.78. The van der Waals surface area contributed by atoms with Crippen molar-refractivity contribution >= 4 is 59.0 Å². The van der Waals surface area contributed by atoms with E-state index < -0.39 is 41.1 Å². The van der Waals surface area contributed by atoms with E-state index in [1.54, 1.807) is 6.92 Å². The molecule has 1 aromatic carbocycles. The number of amides is 7. The van der Waals surface area contributed by atoms with E-state index in [2.05, 4.69) is 26.6 Å². The molecular formula is C34H47N7O11S. The van der Waals surface area contributed by atoms with Crippen molar-refractivity contribution < 1.29 is 48.1 Å². The predicted molar refractivity (Wildman–Crippen MR) is 190 cm³/mol. The predicted octanol–water partition coefficient (Wildman–Crippen LogP) is 2.06. The van der Waals surface area contributed by atoms with Crippen LogP contribution in [-0.2, 0) is 33.6 Å². The maximum Gasteiger partial charge on any atom is 0.333 e. The maximum absolute atomic E-state index is 12.4. The SMILES string of the molecule is CC(NC(=O)CCC(=O)ON1C(=O)CCC1=O)c1ccc(OCCCC(=O)NCCCCNC(=O)CCCCC2SCC3NC(=O)NC32)cc1[N+](=O)[O-]. The van der Waals surface area contributed by atoms with Crippen LogP contribution >= 0.6 is 11.8 Å². The van der Waals surface area contributed by atoms with Gasteiger partial charge in [0.1, 0.15) is 5.75 Å². The number of hydrogen-bond acceptors (Lipinski definition) is 12. The zero-order valence-electron chi connectivity index (χ0n) is 29.6. The Bertz CT molecular complexity index is 1530. The van der Waals surface area contributed by atoms with Crippen molar-refractivity contribution in [3.8, 4) is 5.75 Å². The number of fused-ring (bicyclic) bond motifs is 1. The lowest BCUT2D eigenvalue weighted by molar-refractivity contribution is -0.385. The Morgan fingerprint density at radius 1 is 0.925 bits per heavy atom. The third-order valence-electron chi connectivity index (χ3n) is 8.94. The number of benzene rings is 1. The third kappa shape index (κ3) is 12.9. The number of hydrogen-bond donors (Lipinski definition) is 5. The standard InChI is InChI=1S/C34H47N7O11S/c1-21(37-29(44)12-15-32(47)52-40-30(45)13-14-31(40)46)23-11-10-22(19-25(23)41(49)50)51-18-6-9-28(43)36-17-5-4-16-35-27(42)8-3-2-7-26-33-24(20-53-26)38-34(48)39-33/h10-11,19,21,24,26,33H,2-9,12-18,20H2,1H3,(H,35,42)(H,36,43)(H,37,44)(H2,38,39,48). The molecular weight excluding hydrogens is 714 g/mol. The molecule has 0 spiro atoms. The van der Waals surface area contributed by atoms with Crippen molar-refractivity contribution in [2.75, 3.05) is 25.4 Å². The summed E-state index contributed by atoms with van der Waals surface area (Å²) in [7, 11) is 0. The molecule has 18 nitrogen and oxygen atoms in total. The Labute approximate surface area is 310 Å². The first-order valence-electron chi connectivity index (χ1n) is 17.9. The van der Waals surface area contributed by atoms with Gasteiger partial charge in [0.05, 0.1) is 47.7 Å². The molecule has 3 fully saturated rings. The van der Waals surface area contributed by atoms with Gasteiger partial charge in [-0.05, 0) is 51.2 Å². The first kappa shape index (κ1) is 40.8. The number of nitrogens with zero attached hydrogens (tertiary/aromatic N) is 2. The monoisotopic (exact) mass is 761 g/mol. The van der Waals surface area contributed by atoms with Gasteiger partial charge in [-0.2, -0.15) is 11.8 Å². The van der Waals surface area contributed by atoms with Gasteiger partial charge in [0.15, 0.2) is 0 Å². The van der Waals surface area contributed by atoms with E-state index in [0.717, 1.165) is 31.4 Å². The number of nitrogens with one attached hydrogen (secondary N) is 5. The van der Waals surface area contributed by atoms with Crippen LogP contribution in [0.3, 0.4) is 0 Å². The van der Waals surface area contributed by atoms with Gasteiger partial charge in [0.2, 0.25) is 17.7 Å². The van der Waals surface area contributed by atoms with E-state index in [0.29, 0.717) is 42.7 Å². The second-order valence-electron chi connectivity index (χ2n) is 13.0. The van der Waals surface area contributed by atoms with Crippen molar-refractivity contribution in [2.45, 2.75) is 107 Å². The van der Waals surface area contributed by atoms with E-state index in [1.807, 2.05) is 11.8 Å². The Morgan fingerprint density at radius 2 is 1.60 bits per heavy atom. The molecule has 19 heteroatoms. The summed E-state index contributed by atoms with van der Waals surface area (Å²) in [6.07, 6.45) is 4.30. The average molecular weight is 762 g/mol. The van der Waals surface area contributed by atoms with Gasteiger partial charge < -0.3 is 36.2 Å². The number of urea groups is 1. The second-order valence-corrected chi connectivity index (χ2v) is 14.3. The molecule has 3 heterocycles. The van der Waals surface area contributed by atoms with Crippen LogP contribution in [0, 0.1) is 10.1 Å². The Kier molecular flexibility index (Phi) is 15.7. The molecule has 0 radical (unpaired) electrons. The largest absolute Gasteiger partial charge is 0.493 e. The molecule has 1 aromatic rings. The van der Waals surface area contributed by atoms with Crippen molar-refractivity contribution in [1.29, 1.82) is 0 Å². The van der Waals surface area contributed by atoms with Crippen LogP contribution in [0.1, 0.15) is 95.6 Å². The summed E-state index contributed by atoms with van der Waals surface area (Å²) in [4.78, 5) is 99.2. The summed E-state index contributed by atoms with van der Waals surface area (Å²) >= 11 is 1.87. The van der Waals surface area contributed by atoms with Crippen LogP contribution in [0.2, 0.25) is 0 Å². The minimum absolute atomic E-state index is 0.00836. The topological polar surface area (TPSA) is 244 Å². The van der Waals surface area contributed by atoms with Crippen LogP contribution in [-0.4, -0.2) is 94.3 Å². The number of carbonyl (C=O) groups excluding carboxylic acids is 7. The molecule has 0 saturated carbocycles. The number of rotatable bonds is 22. The fourth-order valence-electron chi connectivity index (χ4n) is 6.13. The van der Waals surface area contributed by atoms with Crippen LogP contribution in [0.25, 0.3) is 0 Å². The molecule has 53 heavy (non-hydrogen) atoms. The van der Waals surface area contributed by atoms with Crippen molar-refractivity contribution in [3.63, 3.8) is 0 Å². The molecule has 3 aliphatic heterocycles. The molecule has 5 N–H and O–H groups in total. The first-order valence-corrected chi connectivity index (χ1v) is 18.9. The summed E-state index contributed by atoms with van der Waals surface area (Å²) in [6.45, 7) is 2.68. The first-order chi connectivity index (χ1) is 25.4. The zero-order chi connectivity index (χ0) is 38.3. The van der Waals surface area contributed by atoms with Crippen LogP contribution < -0.4 is 31.3 Å². The normalized spacial score (nSPS) is 19.5. The molecule has 0 bridgehead atoms. The number of carbonyl (C=O) groups is 7. The molecule has 4 atom stereocenters. The van der Waals surface area contributed by atoms with Crippen LogP contribution in [0.4, 0.5) is 10.5 Å². The van der Waals surface area contributed by atoms with Crippen molar-refractivity contribution in [2.24, 2.45) is 0 Å². The molecule has 0 aromatic heterocycles. The lowest BCUT2D eigenvalue weighted by atomic mass is 10.0. The van der Waals surface area contributed by atoms with Gasteiger partial charge in [0.25, 0.3) is 17.5 Å². The van der Waals surface area contributed by atoms with Gasteiger partial charge in [-0.3, -0.25) is 34.1 Å². The van der Waals surface area contributed by atoms with Gasteiger partial charge in [-0.1, -0.05) is 6.42 Å². The number of nitro benzene ring substituents is 1. The molecule has 4 unspecified atom stereocenters. The minimum Gasteiger partial charge on any atom is -0.493 e. The van der Waals surface area contributed by atoms with Gasteiger partial charge in [-0.25, -0.2) is 9.59 Å².